The van der Waals surface area contributed by atoms with Crippen molar-refractivity contribution in [2.75, 3.05) is 30.5 Å². The Hall–Kier alpha value is -1.63. The van der Waals surface area contributed by atoms with Crippen LogP contribution in [0.1, 0.15) is 26.2 Å². The molecule has 0 aliphatic heterocycles. The predicted octanol–water partition coefficient (Wildman–Crippen LogP) is 0.792. The van der Waals surface area contributed by atoms with Crippen LogP contribution in [0.25, 0.3) is 0 Å². The minimum absolute atomic E-state index is 0.302. The van der Waals surface area contributed by atoms with Gasteiger partial charge in [-0.05, 0) is 25.7 Å². The molecule has 0 spiro atoms. The van der Waals surface area contributed by atoms with Crippen LogP contribution in [0, 0.1) is 5.92 Å². The average molecular weight is 252 g/mol. The summed E-state index contributed by atoms with van der Waals surface area (Å²) in [6.07, 6.45) is 3.90. The van der Waals surface area contributed by atoms with E-state index in [-0.39, 0.29) is 0 Å². The third-order valence-electron chi connectivity index (χ3n) is 3.10. The number of nitrogens with two attached hydrogens (primary N) is 1. The molecule has 18 heavy (non-hydrogen) atoms. The molecular weight excluding hydrogens is 232 g/mol. The van der Waals surface area contributed by atoms with E-state index in [0.717, 1.165) is 12.5 Å². The normalized spacial score (nSPS) is 15.1. The summed E-state index contributed by atoms with van der Waals surface area (Å²) in [7, 11) is 1.98. The first kappa shape index (κ1) is 12.8. The maximum absolute atomic E-state index is 5.35. The summed E-state index contributed by atoms with van der Waals surface area (Å²) in [6, 6.07) is 0.302. The van der Waals surface area contributed by atoms with Crippen molar-refractivity contribution in [3.8, 4) is 6.01 Å². The smallest absolute Gasteiger partial charge is 0.323 e. The lowest BCUT2D eigenvalue weighted by atomic mass is 9.85. The van der Waals surface area contributed by atoms with Crippen LogP contribution in [-0.4, -0.2) is 35.2 Å². The van der Waals surface area contributed by atoms with Gasteiger partial charge >= 0.3 is 6.01 Å². The van der Waals surface area contributed by atoms with E-state index in [1.807, 2.05) is 18.9 Å². The Morgan fingerprint density at radius 3 is 2.72 bits per heavy atom. The lowest BCUT2D eigenvalue weighted by Crippen LogP contribution is -2.31. The van der Waals surface area contributed by atoms with Crippen LogP contribution in [0.5, 0.6) is 6.01 Å². The largest absolute Gasteiger partial charge is 0.464 e. The minimum Gasteiger partial charge on any atom is -0.464 e. The van der Waals surface area contributed by atoms with Gasteiger partial charge in [0.1, 0.15) is 0 Å². The lowest BCUT2D eigenvalue weighted by molar-refractivity contribution is 0.308. The molecular formula is C11H20N6O. The van der Waals surface area contributed by atoms with E-state index in [2.05, 4.69) is 20.4 Å². The van der Waals surface area contributed by atoms with E-state index >= 15 is 0 Å². The number of aromatic nitrogens is 3. The summed E-state index contributed by atoms with van der Waals surface area (Å²) in [6.45, 7) is 3.36. The molecule has 3 N–H and O–H groups in total. The van der Waals surface area contributed by atoms with Crippen molar-refractivity contribution < 1.29 is 4.74 Å². The summed E-state index contributed by atoms with van der Waals surface area (Å²) < 4.78 is 5.30. The zero-order chi connectivity index (χ0) is 13.0. The van der Waals surface area contributed by atoms with Gasteiger partial charge in [-0.1, -0.05) is 6.42 Å². The molecule has 0 bridgehead atoms. The average Bonchev–Trinajstić information content (AvgIpc) is 2.33. The fourth-order valence-corrected chi connectivity index (χ4v) is 1.92. The first-order valence-electron chi connectivity index (χ1n) is 6.29. The van der Waals surface area contributed by atoms with Crippen LogP contribution in [0.15, 0.2) is 0 Å². The SMILES string of the molecule is CCOc1nc(NN)nc(N(C)CC2CCC2)n1. The van der Waals surface area contributed by atoms with Crippen molar-refractivity contribution in [1.29, 1.82) is 0 Å². The van der Waals surface area contributed by atoms with Crippen molar-refractivity contribution in [2.45, 2.75) is 26.2 Å². The van der Waals surface area contributed by atoms with E-state index in [9.17, 15) is 0 Å². The number of anilines is 2. The van der Waals surface area contributed by atoms with Gasteiger partial charge in [0, 0.05) is 13.6 Å². The molecule has 7 nitrogen and oxygen atoms in total. The highest BCUT2D eigenvalue weighted by atomic mass is 16.5. The molecule has 7 heteroatoms. The van der Waals surface area contributed by atoms with E-state index in [1.165, 1.54) is 19.3 Å². The predicted molar refractivity (Wildman–Crippen MR) is 69.4 cm³/mol. The Balaban J connectivity index is 2.10. The molecule has 0 atom stereocenters. The Morgan fingerprint density at radius 1 is 1.39 bits per heavy atom. The number of hydrogen-bond donors (Lipinski definition) is 2. The number of rotatable bonds is 6. The maximum Gasteiger partial charge on any atom is 0.323 e. The molecule has 0 aromatic carbocycles. The molecule has 0 radical (unpaired) electrons. The Bertz CT molecular complexity index is 395. The van der Waals surface area contributed by atoms with E-state index in [4.69, 9.17) is 10.6 Å². The summed E-state index contributed by atoms with van der Waals surface area (Å²) in [5.74, 6) is 7.01. The molecule has 100 valence electrons. The van der Waals surface area contributed by atoms with Crippen LogP contribution < -0.4 is 20.9 Å². The van der Waals surface area contributed by atoms with Crippen LogP contribution in [-0.2, 0) is 0 Å². The van der Waals surface area contributed by atoms with E-state index < -0.39 is 0 Å². The van der Waals surface area contributed by atoms with Crippen molar-refractivity contribution in [2.24, 2.45) is 11.8 Å². The standard InChI is InChI=1S/C11H20N6O/c1-3-18-11-14-9(16-12)13-10(15-11)17(2)7-8-5-4-6-8/h8H,3-7,12H2,1-2H3,(H,13,14,15,16). The van der Waals surface area contributed by atoms with Crippen LogP contribution >= 0.6 is 0 Å². The monoisotopic (exact) mass is 252 g/mol. The maximum atomic E-state index is 5.35. The molecule has 1 heterocycles. The van der Waals surface area contributed by atoms with Gasteiger partial charge in [0.05, 0.1) is 6.61 Å². The summed E-state index contributed by atoms with van der Waals surface area (Å²) in [5, 5.41) is 0. The van der Waals surface area contributed by atoms with Gasteiger partial charge in [-0.15, -0.1) is 0 Å². The number of nitrogens with one attached hydrogen (secondary N) is 1. The van der Waals surface area contributed by atoms with Crippen molar-refractivity contribution >= 4 is 11.9 Å². The number of hydrazine groups is 1. The van der Waals surface area contributed by atoms with E-state index in [1.54, 1.807) is 0 Å². The van der Waals surface area contributed by atoms with Crippen LogP contribution in [0.2, 0.25) is 0 Å². The summed E-state index contributed by atoms with van der Waals surface area (Å²) >= 11 is 0. The van der Waals surface area contributed by atoms with Crippen molar-refractivity contribution in [3.63, 3.8) is 0 Å². The summed E-state index contributed by atoms with van der Waals surface area (Å²) in [4.78, 5) is 14.6. The number of nitrogens with zero attached hydrogens (tertiary/aromatic N) is 4. The number of hydrogen-bond acceptors (Lipinski definition) is 7. The summed E-state index contributed by atoms with van der Waals surface area (Å²) in [5.41, 5.74) is 2.43. The second kappa shape index (κ2) is 5.81. The minimum atomic E-state index is 0.302. The lowest BCUT2D eigenvalue weighted by Gasteiger charge is -2.30. The molecule has 1 aliphatic carbocycles. The third kappa shape index (κ3) is 2.98. The van der Waals surface area contributed by atoms with Gasteiger partial charge < -0.3 is 9.64 Å². The van der Waals surface area contributed by atoms with Gasteiger partial charge in [0.25, 0.3) is 0 Å². The van der Waals surface area contributed by atoms with Crippen LogP contribution in [0.4, 0.5) is 11.9 Å². The van der Waals surface area contributed by atoms with Gasteiger partial charge in [0.2, 0.25) is 11.9 Å². The molecule has 1 aromatic rings. The number of ether oxygens (including phenoxy) is 1. The Kier molecular flexibility index (Phi) is 4.14. The molecule has 0 amide bonds. The van der Waals surface area contributed by atoms with Gasteiger partial charge in [-0.2, -0.15) is 15.0 Å². The fraction of sp³-hybridized carbons (Fsp3) is 0.727. The molecule has 1 saturated carbocycles. The third-order valence-corrected chi connectivity index (χ3v) is 3.10. The Morgan fingerprint density at radius 2 is 2.17 bits per heavy atom. The van der Waals surface area contributed by atoms with Gasteiger partial charge in [-0.25, -0.2) is 5.84 Å². The van der Waals surface area contributed by atoms with Gasteiger partial charge in [-0.3, -0.25) is 5.43 Å². The van der Waals surface area contributed by atoms with Crippen molar-refractivity contribution in [3.05, 3.63) is 0 Å². The second-order valence-electron chi connectivity index (χ2n) is 4.50. The van der Waals surface area contributed by atoms with Gasteiger partial charge in [0.15, 0.2) is 0 Å². The second-order valence-corrected chi connectivity index (χ2v) is 4.50. The highest BCUT2D eigenvalue weighted by Crippen LogP contribution is 2.27. The molecule has 0 unspecified atom stereocenters. The number of nitrogen functional groups attached to an aromatic ring is 1. The molecule has 1 fully saturated rings. The molecule has 2 rings (SSSR count). The topological polar surface area (TPSA) is 89.2 Å². The highest BCUT2D eigenvalue weighted by Gasteiger charge is 2.21. The first-order chi connectivity index (χ1) is 8.72. The fourth-order valence-electron chi connectivity index (χ4n) is 1.92. The highest BCUT2D eigenvalue weighted by molar-refractivity contribution is 5.37. The van der Waals surface area contributed by atoms with Crippen molar-refractivity contribution in [1.82, 2.24) is 15.0 Å². The first-order valence-corrected chi connectivity index (χ1v) is 6.29. The molecule has 0 saturated heterocycles. The molecule has 1 aliphatic rings. The van der Waals surface area contributed by atoms with Crippen LogP contribution in [0.3, 0.4) is 0 Å². The quantitative estimate of drug-likeness (QED) is 0.571. The Labute approximate surface area is 107 Å². The zero-order valence-corrected chi connectivity index (χ0v) is 10.9. The van der Waals surface area contributed by atoms with E-state index in [0.29, 0.717) is 24.5 Å². The zero-order valence-electron chi connectivity index (χ0n) is 10.9. The molecule has 1 aromatic heterocycles.